The fourth-order valence-electron chi connectivity index (χ4n) is 1.18. The summed E-state index contributed by atoms with van der Waals surface area (Å²) < 4.78 is 15.9. The van der Waals surface area contributed by atoms with Crippen molar-refractivity contribution in [2.45, 2.75) is 32.8 Å². The molecule has 0 aromatic rings. The van der Waals surface area contributed by atoms with Crippen LogP contribution in [-0.4, -0.2) is 50.9 Å². The van der Waals surface area contributed by atoms with Crippen LogP contribution in [-0.2, 0) is 14.2 Å². The number of hydrogen-bond acceptors (Lipinski definition) is 4. The Hall–Kier alpha value is -0.160. The van der Waals surface area contributed by atoms with Crippen LogP contribution >= 0.6 is 0 Å². The van der Waals surface area contributed by atoms with Gasteiger partial charge in [-0.15, -0.1) is 0 Å². The van der Waals surface area contributed by atoms with Crippen LogP contribution in [0.4, 0.5) is 0 Å². The summed E-state index contributed by atoms with van der Waals surface area (Å²) >= 11 is 0. The molecule has 0 unspecified atom stereocenters. The highest BCUT2D eigenvalue weighted by Gasteiger charge is 2.01. The molecule has 1 N–H and O–H groups in total. The first-order chi connectivity index (χ1) is 7.35. The number of aliphatic hydroxyl groups excluding tert-OH is 1. The molecule has 0 saturated carbocycles. The molecular weight excluding hydrogens is 196 g/mol. The Morgan fingerprint density at radius 2 is 1.40 bits per heavy atom. The zero-order valence-corrected chi connectivity index (χ0v) is 9.91. The van der Waals surface area contributed by atoms with Gasteiger partial charge in [-0.2, -0.15) is 0 Å². The first-order valence-electron chi connectivity index (χ1n) is 5.73. The van der Waals surface area contributed by atoms with Gasteiger partial charge >= 0.3 is 0 Å². The Morgan fingerprint density at radius 3 is 1.93 bits per heavy atom. The maximum atomic E-state index is 8.44. The minimum Gasteiger partial charge on any atom is -0.394 e. The van der Waals surface area contributed by atoms with E-state index in [4.69, 9.17) is 19.3 Å². The average molecular weight is 220 g/mol. The van der Waals surface area contributed by atoms with Crippen LogP contribution in [0.15, 0.2) is 0 Å². The molecule has 0 rings (SSSR count). The van der Waals surface area contributed by atoms with Gasteiger partial charge in [-0.1, -0.05) is 13.8 Å². The lowest BCUT2D eigenvalue weighted by Crippen LogP contribution is -2.16. The lowest BCUT2D eigenvalue weighted by atomic mass is 10.2. The fraction of sp³-hybridized carbons (Fsp3) is 1.00. The third kappa shape index (κ3) is 10.1. The number of aliphatic hydroxyl groups is 1. The van der Waals surface area contributed by atoms with Crippen molar-refractivity contribution in [2.75, 3.05) is 39.6 Å². The summed E-state index contributed by atoms with van der Waals surface area (Å²) in [6.07, 6.45) is 2.46. The normalized spacial score (nSPS) is 11.2. The lowest BCUT2D eigenvalue weighted by molar-refractivity contribution is -0.0161. The van der Waals surface area contributed by atoms with Gasteiger partial charge in [0.05, 0.1) is 45.7 Å². The Labute approximate surface area is 92.5 Å². The molecular formula is C11H24O4. The maximum Gasteiger partial charge on any atom is 0.0704 e. The van der Waals surface area contributed by atoms with Crippen LogP contribution in [0.25, 0.3) is 0 Å². The second-order valence-electron chi connectivity index (χ2n) is 3.26. The van der Waals surface area contributed by atoms with E-state index in [1.54, 1.807) is 0 Å². The molecule has 0 amide bonds. The molecule has 0 radical (unpaired) electrons. The van der Waals surface area contributed by atoms with E-state index < -0.39 is 0 Å². The Bertz CT molecular complexity index is 115. The summed E-state index contributed by atoms with van der Waals surface area (Å²) in [7, 11) is 0. The van der Waals surface area contributed by atoms with Gasteiger partial charge in [-0.25, -0.2) is 0 Å². The van der Waals surface area contributed by atoms with Gasteiger partial charge in [0.25, 0.3) is 0 Å². The lowest BCUT2D eigenvalue weighted by Gasteiger charge is -2.13. The highest BCUT2D eigenvalue weighted by atomic mass is 16.5. The van der Waals surface area contributed by atoms with Gasteiger partial charge in [0.1, 0.15) is 0 Å². The van der Waals surface area contributed by atoms with E-state index in [2.05, 4.69) is 13.8 Å². The van der Waals surface area contributed by atoms with Gasteiger partial charge in [-0.05, 0) is 12.8 Å². The fourth-order valence-corrected chi connectivity index (χ4v) is 1.18. The summed E-state index contributed by atoms with van der Waals surface area (Å²) in [6, 6.07) is 0. The summed E-state index contributed by atoms with van der Waals surface area (Å²) in [5.74, 6) is 0. The molecule has 92 valence electrons. The van der Waals surface area contributed by atoms with Crippen molar-refractivity contribution in [2.24, 2.45) is 0 Å². The molecule has 0 aromatic heterocycles. The standard InChI is InChI=1S/C11H24O4/c1-3-11(4-2)15-10-9-14-8-7-13-6-5-12/h11-12H,3-10H2,1-2H3. The van der Waals surface area contributed by atoms with Crippen molar-refractivity contribution >= 4 is 0 Å². The van der Waals surface area contributed by atoms with Crippen LogP contribution < -0.4 is 0 Å². The van der Waals surface area contributed by atoms with Crippen LogP contribution in [0.5, 0.6) is 0 Å². The van der Waals surface area contributed by atoms with Gasteiger partial charge in [0, 0.05) is 0 Å². The first-order valence-corrected chi connectivity index (χ1v) is 5.73. The number of rotatable bonds is 11. The highest BCUT2D eigenvalue weighted by Crippen LogP contribution is 2.01. The minimum absolute atomic E-state index is 0.0673. The topological polar surface area (TPSA) is 47.9 Å². The van der Waals surface area contributed by atoms with Gasteiger partial charge in [0.15, 0.2) is 0 Å². The first kappa shape index (κ1) is 14.8. The summed E-state index contributed by atoms with van der Waals surface area (Å²) in [4.78, 5) is 0. The largest absolute Gasteiger partial charge is 0.394 e. The summed E-state index contributed by atoms with van der Waals surface area (Å²) in [5, 5.41) is 8.44. The van der Waals surface area contributed by atoms with Crippen molar-refractivity contribution in [3.63, 3.8) is 0 Å². The van der Waals surface area contributed by atoms with Crippen molar-refractivity contribution in [3.05, 3.63) is 0 Å². The molecule has 0 aliphatic rings. The van der Waals surface area contributed by atoms with E-state index >= 15 is 0 Å². The number of ether oxygens (including phenoxy) is 3. The van der Waals surface area contributed by atoms with Crippen LogP contribution in [0.2, 0.25) is 0 Å². The highest BCUT2D eigenvalue weighted by molar-refractivity contribution is 4.50. The molecule has 0 saturated heterocycles. The molecule has 0 atom stereocenters. The van der Waals surface area contributed by atoms with E-state index in [1.807, 2.05) is 0 Å². The van der Waals surface area contributed by atoms with Gasteiger partial charge in [-0.3, -0.25) is 0 Å². The second-order valence-corrected chi connectivity index (χ2v) is 3.26. The average Bonchev–Trinajstić information content (AvgIpc) is 2.27. The maximum absolute atomic E-state index is 8.44. The monoisotopic (exact) mass is 220 g/mol. The molecule has 0 aromatic carbocycles. The Kier molecular flexibility index (Phi) is 11.8. The second kappa shape index (κ2) is 11.9. The molecule has 0 spiro atoms. The molecule has 0 heterocycles. The molecule has 0 aliphatic heterocycles. The zero-order valence-electron chi connectivity index (χ0n) is 9.91. The van der Waals surface area contributed by atoms with E-state index in [1.165, 1.54) is 0 Å². The zero-order chi connectivity index (χ0) is 11.4. The van der Waals surface area contributed by atoms with E-state index in [0.29, 0.717) is 39.1 Å². The van der Waals surface area contributed by atoms with E-state index in [-0.39, 0.29) is 6.61 Å². The van der Waals surface area contributed by atoms with Gasteiger partial charge < -0.3 is 19.3 Å². The van der Waals surface area contributed by atoms with Crippen LogP contribution in [0, 0.1) is 0 Å². The van der Waals surface area contributed by atoms with Crippen molar-refractivity contribution in [3.8, 4) is 0 Å². The minimum atomic E-state index is 0.0673. The summed E-state index contributed by atoms with van der Waals surface area (Å²) in [5.41, 5.74) is 0. The Morgan fingerprint density at radius 1 is 0.867 bits per heavy atom. The van der Waals surface area contributed by atoms with Crippen molar-refractivity contribution < 1.29 is 19.3 Å². The predicted octanol–water partition coefficient (Wildman–Crippen LogP) is 1.22. The number of hydrogen-bond donors (Lipinski definition) is 1. The smallest absolute Gasteiger partial charge is 0.0704 e. The molecule has 0 bridgehead atoms. The predicted molar refractivity (Wildman–Crippen MR) is 59.0 cm³/mol. The quantitative estimate of drug-likeness (QED) is 0.532. The van der Waals surface area contributed by atoms with E-state index in [9.17, 15) is 0 Å². The molecule has 4 heteroatoms. The molecule has 0 aliphatic carbocycles. The third-order valence-corrected chi connectivity index (χ3v) is 2.10. The van der Waals surface area contributed by atoms with Crippen molar-refractivity contribution in [1.82, 2.24) is 0 Å². The van der Waals surface area contributed by atoms with E-state index in [0.717, 1.165) is 12.8 Å². The van der Waals surface area contributed by atoms with Crippen molar-refractivity contribution in [1.29, 1.82) is 0 Å². The molecule has 15 heavy (non-hydrogen) atoms. The summed E-state index contributed by atoms with van der Waals surface area (Å²) in [6.45, 7) is 7.05. The SMILES string of the molecule is CCC(CC)OCCOCCOCCO. The Balaban J connectivity index is 3.04. The van der Waals surface area contributed by atoms with Crippen LogP contribution in [0.3, 0.4) is 0 Å². The third-order valence-electron chi connectivity index (χ3n) is 2.10. The van der Waals surface area contributed by atoms with Gasteiger partial charge in [0.2, 0.25) is 0 Å². The molecule has 0 fully saturated rings. The molecule has 4 nitrogen and oxygen atoms in total. The van der Waals surface area contributed by atoms with Crippen LogP contribution in [0.1, 0.15) is 26.7 Å².